The fraction of sp³-hybridized carbons (Fsp3) is 0.480. The lowest BCUT2D eigenvalue weighted by Gasteiger charge is -2.38. The number of rotatable bonds is 5. The molecule has 4 rings (SSSR count). The largest absolute Gasteiger partial charge is 0.417 e. The van der Waals surface area contributed by atoms with E-state index >= 15 is 0 Å². The molecule has 2 aromatic rings. The van der Waals surface area contributed by atoms with Crippen molar-refractivity contribution in [1.29, 1.82) is 0 Å². The van der Waals surface area contributed by atoms with Crippen molar-refractivity contribution in [3.8, 4) is 0 Å². The maximum atomic E-state index is 13.6. The maximum absolute atomic E-state index is 13.6. The molecule has 0 radical (unpaired) electrons. The van der Waals surface area contributed by atoms with Crippen molar-refractivity contribution in [2.75, 3.05) is 31.1 Å². The van der Waals surface area contributed by atoms with Crippen molar-refractivity contribution < 1.29 is 31.1 Å². The SMILES string of the molecule is O=C(Cc1ccc(Br)c(C(F)(F)F)c1)c1cc(N2CCC(N3CCCC3)CC2)cc(C(F)(F)F)c1. The molecular formula is C25H25BrF6N2O. The van der Waals surface area contributed by atoms with Crippen LogP contribution in [0.1, 0.15) is 52.7 Å². The van der Waals surface area contributed by atoms with Gasteiger partial charge in [0.15, 0.2) is 5.78 Å². The number of carbonyl (C=O) groups excluding carboxylic acids is 1. The molecule has 0 spiro atoms. The van der Waals surface area contributed by atoms with E-state index in [0.29, 0.717) is 24.8 Å². The topological polar surface area (TPSA) is 23.6 Å². The third kappa shape index (κ3) is 6.20. The maximum Gasteiger partial charge on any atom is 0.417 e. The summed E-state index contributed by atoms with van der Waals surface area (Å²) in [5.41, 5.74) is -1.64. The minimum atomic E-state index is -4.65. The summed E-state index contributed by atoms with van der Waals surface area (Å²) in [6.45, 7) is 3.27. The Morgan fingerprint density at radius 1 is 0.886 bits per heavy atom. The summed E-state index contributed by atoms with van der Waals surface area (Å²) in [5, 5.41) is 0. The minimum Gasteiger partial charge on any atom is -0.371 e. The molecule has 2 aromatic carbocycles. The quantitative estimate of drug-likeness (QED) is 0.290. The molecule has 2 saturated heterocycles. The zero-order chi connectivity index (χ0) is 25.4. The van der Waals surface area contributed by atoms with Crippen molar-refractivity contribution in [2.45, 2.75) is 50.5 Å². The van der Waals surface area contributed by atoms with E-state index in [9.17, 15) is 31.1 Å². The molecule has 0 aliphatic carbocycles. The van der Waals surface area contributed by atoms with Crippen molar-refractivity contribution >= 4 is 27.4 Å². The van der Waals surface area contributed by atoms with Gasteiger partial charge in [0.25, 0.3) is 0 Å². The standard InChI is InChI=1S/C25H25BrF6N2O/c26-22-4-3-16(11-21(22)25(30,31)32)12-23(35)17-13-18(24(27,28)29)15-20(14-17)34-9-5-19(6-10-34)33-7-1-2-8-33/h3-4,11,13-15,19H,1-2,5-10,12H2. The average Bonchev–Trinajstić information content (AvgIpc) is 3.34. The van der Waals surface area contributed by atoms with Crippen LogP contribution in [0.4, 0.5) is 32.0 Å². The number of ketones is 1. The molecule has 0 aromatic heterocycles. The van der Waals surface area contributed by atoms with Gasteiger partial charge in [-0.1, -0.05) is 22.0 Å². The van der Waals surface area contributed by atoms with E-state index in [0.717, 1.165) is 44.1 Å². The van der Waals surface area contributed by atoms with Crippen LogP contribution in [0.5, 0.6) is 0 Å². The number of Topliss-reactive ketones (excluding diaryl/α,β-unsaturated/α-hetero) is 1. The molecule has 2 aliphatic heterocycles. The van der Waals surface area contributed by atoms with Crippen LogP contribution in [0.25, 0.3) is 0 Å². The zero-order valence-electron chi connectivity index (χ0n) is 18.9. The highest BCUT2D eigenvalue weighted by Crippen LogP contribution is 2.37. The van der Waals surface area contributed by atoms with E-state index in [2.05, 4.69) is 20.8 Å². The molecular weight excluding hydrogens is 538 g/mol. The third-order valence-electron chi connectivity index (χ3n) is 6.75. The lowest BCUT2D eigenvalue weighted by Crippen LogP contribution is -2.44. The minimum absolute atomic E-state index is 0.0796. The summed E-state index contributed by atoms with van der Waals surface area (Å²) in [5.74, 6) is -0.667. The van der Waals surface area contributed by atoms with Gasteiger partial charge in [0, 0.05) is 41.3 Å². The molecule has 35 heavy (non-hydrogen) atoms. The summed E-state index contributed by atoms with van der Waals surface area (Å²) in [4.78, 5) is 17.2. The van der Waals surface area contributed by atoms with Crippen LogP contribution in [0.2, 0.25) is 0 Å². The first-order chi connectivity index (χ1) is 16.4. The second kappa shape index (κ2) is 10.1. The Bertz CT molecular complexity index is 1070. The summed E-state index contributed by atoms with van der Waals surface area (Å²) in [6.07, 6.45) is -5.71. The molecule has 10 heteroatoms. The van der Waals surface area contributed by atoms with Gasteiger partial charge in [-0.15, -0.1) is 0 Å². The van der Waals surface area contributed by atoms with Crippen LogP contribution in [-0.4, -0.2) is 42.9 Å². The monoisotopic (exact) mass is 562 g/mol. The number of piperidine rings is 1. The number of likely N-dealkylation sites (tertiary alicyclic amines) is 1. The Hall–Kier alpha value is -2.07. The van der Waals surface area contributed by atoms with E-state index in [1.54, 1.807) is 0 Å². The average molecular weight is 563 g/mol. The molecule has 2 heterocycles. The number of carbonyl (C=O) groups is 1. The van der Waals surface area contributed by atoms with Gasteiger partial charge in [-0.25, -0.2) is 0 Å². The van der Waals surface area contributed by atoms with Gasteiger partial charge < -0.3 is 9.80 Å². The number of alkyl halides is 6. The smallest absolute Gasteiger partial charge is 0.371 e. The number of benzene rings is 2. The highest BCUT2D eigenvalue weighted by atomic mass is 79.9. The Morgan fingerprint density at radius 2 is 1.54 bits per heavy atom. The first-order valence-electron chi connectivity index (χ1n) is 11.5. The zero-order valence-corrected chi connectivity index (χ0v) is 20.4. The Labute approximate surface area is 208 Å². The van der Waals surface area contributed by atoms with Crippen LogP contribution >= 0.6 is 15.9 Å². The van der Waals surface area contributed by atoms with Crippen molar-refractivity contribution in [2.24, 2.45) is 0 Å². The van der Waals surface area contributed by atoms with Crippen LogP contribution in [0.3, 0.4) is 0 Å². The lowest BCUT2D eigenvalue weighted by molar-refractivity contribution is -0.138. The Balaban J connectivity index is 1.56. The summed E-state index contributed by atoms with van der Waals surface area (Å²) >= 11 is 2.85. The summed E-state index contributed by atoms with van der Waals surface area (Å²) in [7, 11) is 0. The number of hydrogen-bond acceptors (Lipinski definition) is 3. The first kappa shape index (κ1) is 26.0. The molecule has 0 unspecified atom stereocenters. The van der Waals surface area contributed by atoms with Gasteiger partial charge in [0.2, 0.25) is 0 Å². The molecule has 190 valence electrons. The summed E-state index contributed by atoms with van der Waals surface area (Å²) < 4.78 is 80.4. The second-order valence-electron chi connectivity index (χ2n) is 9.14. The highest BCUT2D eigenvalue weighted by molar-refractivity contribution is 9.10. The van der Waals surface area contributed by atoms with E-state index in [-0.39, 0.29) is 15.6 Å². The van der Waals surface area contributed by atoms with Crippen molar-refractivity contribution in [1.82, 2.24) is 4.90 Å². The number of halogens is 7. The Kier molecular flexibility index (Phi) is 7.52. The number of hydrogen-bond donors (Lipinski definition) is 0. The van der Waals surface area contributed by atoms with E-state index in [4.69, 9.17) is 0 Å². The van der Waals surface area contributed by atoms with E-state index in [1.807, 2.05) is 4.90 Å². The normalized spacial score (nSPS) is 18.3. The molecule has 0 amide bonds. The van der Waals surface area contributed by atoms with Crippen molar-refractivity contribution in [3.05, 3.63) is 63.1 Å². The highest BCUT2D eigenvalue weighted by Gasteiger charge is 2.35. The van der Waals surface area contributed by atoms with Gasteiger partial charge in [-0.3, -0.25) is 4.79 Å². The molecule has 2 fully saturated rings. The number of anilines is 1. The predicted molar refractivity (Wildman–Crippen MR) is 125 cm³/mol. The molecule has 3 nitrogen and oxygen atoms in total. The molecule has 2 aliphatic rings. The van der Waals surface area contributed by atoms with Crippen LogP contribution in [0.15, 0.2) is 40.9 Å². The van der Waals surface area contributed by atoms with Crippen LogP contribution in [-0.2, 0) is 18.8 Å². The van der Waals surface area contributed by atoms with Gasteiger partial charge in [-0.2, -0.15) is 26.3 Å². The van der Waals surface area contributed by atoms with Gasteiger partial charge in [-0.05, 0) is 74.7 Å². The molecule has 0 atom stereocenters. The summed E-state index contributed by atoms with van der Waals surface area (Å²) in [6, 6.07) is 7.07. The third-order valence-corrected chi connectivity index (χ3v) is 7.45. The number of nitrogens with zero attached hydrogens (tertiary/aromatic N) is 2. The predicted octanol–water partition coefficient (Wildman–Crippen LogP) is 6.98. The van der Waals surface area contributed by atoms with Crippen LogP contribution < -0.4 is 4.90 Å². The molecule has 0 saturated carbocycles. The fourth-order valence-electron chi connectivity index (χ4n) is 4.90. The van der Waals surface area contributed by atoms with Gasteiger partial charge >= 0.3 is 12.4 Å². The second-order valence-corrected chi connectivity index (χ2v) is 9.99. The van der Waals surface area contributed by atoms with Gasteiger partial charge in [0.05, 0.1) is 11.1 Å². The lowest BCUT2D eigenvalue weighted by atomic mass is 9.97. The van der Waals surface area contributed by atoms with E-state index in [1.165, 1.54) is 31.0 Å². The van der Waals surface area contributed by atoms with Crippen LogP contribution in [0, 0.1) is 0 Å². The Morgan fingerprint density at radius 3 is 2.14 bits per heavy atom. The van der Waals surface area contributed by atoms with Gasteiger partial charge in [0.1, 0.15) is 0 Å². The molecule has 0 N–H and O–H groups in total. The first-order valence-corrected chi connectivity index (χ1v) is 12.3. The molecule has 0 bridgehead atoms. The van der Waals surface area contributed by atoms with Crippen molar-refractivity contribution in [3.63, 3.8) is 0 Å². The van der Waals surface area contributed by atoms with E-state index < -0.39 is 35.7 Å². The fourth-order valence-corrected chi connectivity index (χ4v) is 5.37.